The van der Waals surface area contributed by atoms with E-state index in [1.165, 1.54) is 0 Å². The molecule has 1 atom stereocenters. The van der Waals surface area contributed by atoms with E-state index in [0.29, 0.717) is 0 Å². The van der Waals surface area contributed by atoms with Crippen molar-refractivity contribution < 1.29 is 9.90 Å². The van der Waals surface area contributed by atoms with E-state index in [2.05, 4.69) is 5.32 Å². The number of nitrogens with one attached hydrogen (secondary N) is 1. The zero-order chi connectivity index (χ0) is 11.4. The Morgan fingerprint density at radius 2 is 2.06 bits per heavy atom. The molecule has 2 N–H and O–H groups in total. The van der Waals surface area contributed by atoms with Gasteiger partial charge in [-0.1, -0.05) is 36.8 Å². The maximum atomic E-state index is 11.7. The minimum Gasteiger partial charge on any atom is -0.394 e. The SMILES string of the molecule is O=C(N[C@@H](CO)c1ccccc1)C1CCC1. The molecule has 1 amide bonds. The summed E-state index contributed by atoms with van der Waals surface area (Å²) in [6.07, 6.45) is 3.12. The number of carbonyl (C=O) groups excluding carboxylic acids is 1. The number of amides is 1. The van der Waals surface area contributed by atoms with Gasteiger partial charge < -0.3 is 10.4 Å². The molecule has 0 spiro atoms. The molecular weight excluding hydrogens is 202 g/mol. The number of rotatable bonds is 4. The minimum atomic E-state index is -0.269. The van der Waals surface area contributed by atoms with Crippen molar-refractivity contribution >= 4 is 5.91 Å². The summed E-state index contributed by atoms with van der Waals surface area (Å²) in [5.74, 6) is 0.243. The monoisotopic (exact) mass is 219 g/mol. The third-order valence-electron chi connectivity index (χ3n) is 3.18. The van der Waals surface area contributed by atoms with Crippen molar-refractivity contribution in [2.45, 2.75) is 25.3 Å². The third kappa shape index (κ3) is 2.42. The van der Waals surface area contributed by atoms with Crippen LogP contribution < -0.4 is 5.32 Å². The van der Waals surface area contributed by atoms with Gasteiger partial charge in [0.15, 0.2) is 0 Å². The first-order valence-electron chi connectivity index (χ1n) is 5.77. The average molecular weight is 219 g/mol. The lowest BCUT2D eigenvalue weighted by Crippen LogP contribution is -2.38. The third-order valence-corrected chi connectivity index (χ3v) is 3.18. The number of benzene rings is 1. The highest BCUT2D eigenvalue weighted by Gasteiger charge is 2.26. The maximum absolute atomic E-state index is 11.7. The highest BCUT2D eigenvalue weighted by Crippen LogP contribution is 2.27. The molecule has 1 aromatic carbocycles. The Bertz CT molecular complexity index is 346. The largest absolute Gasteiger partial charge is 0.394 e. The van der Waals surface area contributed by atoms with Gasteiger partial charge in [-0.2, -0.15) is 0 Å². The molecule has 0 unspecified atom stereocenters. The lowest BCUT2D eigenvalue weighted by Gasteiger charge is -2.26. The van der Waals surface area contributed by atoms with Crippen LogP contribution in [0.15, 0.2) is 30.3 Å². The standard InChI is InChI=1S/C13H17NO2/c15-9-12(10-5-2-1-3-6-10)14-13(16)11-7-4-8-11/h1-3,5-6,11-12,15H,4,7-9H2,(H,14,16)/t12-/m0/s1. The Kier molecular flexibility index (Phi) is 3.57. The molecule has 0 aliphatic heterocycles. The first-order chi connectivity index (χ1) is 7.81. The van der Waals surface area contributed by atoms with Crippen LogP contribution >= 0.6 is 0 Å². The second-order valence-corrected chi connectivity index (χ2v) is 4.28. The summed E-state index contributed by atoms with van der Waals surface area (Å²) in [7, 11) is 0. The van der Waals surface area contributed by atoms with Gasteiger partial charge in [0.2, 0.25) is 5.91 Å². The van der Waals surface area contributed by atoms with Gasteiger partial charge in [0.05, 0.1) is 12.6 Å². The summed E-state index contributed by atoms with van der Waals surface area (Å²) in [5.41, 5.74) is 0.956. The van der Waals surface area contributed by atoms with Crippen molar-refractivity contribution in [2.75, 3.05) is 6.61 Å². The molecule has 86 valence electrons. The fraction of sp³-hybridized carbons (Fsp3) is 0.462. The van der Waals surface area contributed by atoms with Gasteiger partial charge in [-0.05, 0) is 18.4 Å². The van der Waals surface area contributed by atoms with Crippen LogP contribution in [0.4, 0.5) is 0 Å². The molecule has 0 saturated heterocycles. The Morgan fingerprint density at radius 1 is 1.38 bits per heavy atom. The summed E-state index contributed by atoms with van der Waals surface area (Å²) in [4.78, 5) is 11.7. The zero-order valence-electron chi connectivity index (χ0n) is 9.23. The van der Waals surface area contributed by atoms with Crippen molar-refractivity contribution in [1.29, 1.82) is 0 Å². The Balaban J connectivity index is 1.97. The fourth-order valence-corrected chi connectivity index (χ4v) is 1.88. The van der Waals surface area contributed by atoms with Crippen molar-refractivity contribution in [3.8, 4) is 0 Å². The predicted octanol–water partition coefficient (Wildman–Crippen LogP) is 1.64. The lowest BCUT2D eigenvalue weighted by atomic mass is 9.84. The molecule has 1 saturated carbocycles. The van der Waals surface area contributed by atoms with Crippen LogP contribution in [0.2, 0.25) is 0 Å². The van der Waals surface area contributed by atoms with Crippen LogP contribution in [0.5, 0.6) is 0 Å². The molecule has 0 aromatic heterocycles. The molecule has 3 nitrogen and oxygen atoms in total. The second kappa shape index (κ2) is 5.12. The number of hydrogen-bond acceptors (Lipinski definition) is 2. The number of hydrogen-bond donors (Lipinski definition) is 2. The number of carbonyl (C=O) groups is 1. The van der Waals surface area contributed by atoms with E-state index >= 15 is 0 Å². The van der Waals surface area contributed by atoms with Gasteiger partial charge in [0.25, 0.3) is 0 Å². The molecule has 0 radical (unpaired) electrons. The van der Waals surface area contributed by atoms with Crippen molar-refractivity contribution in [1.82, 2.24) is 5.32 Å². The smallest absolute Gasteiger partial charge is 0.223 e. The highest BCUT2D eigenvalue weighted by atomic mass is 16.3. The van der Waals surface area contributed by atoms with Crippen LogP contribution in [0.25, 0.3) is 0 Å². The molecule has 3 heteroatoms. The molecule has 2 rings (SSSR count). The number of aliphatic hydroxyl groups is 1. The van der Waals surface area contributed by atoms with E-state index < -0.39 is 0 Å². The summed E-state index contributed by atoms with van der Waals surface area (Å²) < 4.78 is 0. The van der Waals surface area contributed by atoms with E-state index in [-0.39, 0.29) is 24.5 Å². The van der Waals surface area contributed by atoms with E-state index in [0.717, 1.165) is 24.8 Å². The molecular formula is C13H17NO2. The Labute approximate surface area is 95.5 Å². The van der Waals surface area contributed by atoms with Crippen molar-refractivity contribution in [2.24, 2.45) is 5.92 Å². The van der Waals surface area contributed by atoms with Crippen LogP contribution in [0, 0.1) is 5.92 Å². The molecule has 16 heavy (non-hydrogen) atoms. The van der Waals surface area contributed by atoms with Crippen LogP contribution in [0.3, 0.4) is 0 Å². The van der Waals surface area contributed by atoms with Gasteiger partial charge in [0.1, 0.15) is 0 Å². The molecule has 1 aromatic rings. The van der Waals surface area contributed by atoms with Gasteiger partial charge in [-0.15, -0.1) is 0 Å². The molecule has 1 aliphatic rings. The zero-order valence-corrected chi connectivity index (χ0v) is 9.23. The van der Waals surface area contributed by atoms with Crippen molar-refractivity contribution in [3.05, 3.63) is 35.9 Å². The van der Waals surface area contributed by atoms with Gasteiger partial charge in [-0.25, -0.2) is 0 Å². The summed E-state index contributed by atoms with van der Waals surface area (Å²) in [6, 6.07) is 9.31. The highest BCUT2D eigenvalue weighted by molar-refractivity contribution is 5.79. The topological polar surface area (TPSA) is 49.3 Å². The van der Waals surface area contributed by atoms with E-state index in [1.54, 1.807) is 0 Å². The van der Waals surface area contributed by atoms with E-state index in [9.17, 15) is 9.90 Å². The first-order valence-corrected chi connectivity index (χ1v) is 5.77. The lowest BCUT2D eigenvalue weighted by molar-refractivity contribution is -0.128. The normalized spacial score (nSPS) is 17.6. The van der Waals surface area contributed by atoms with Crippen molar-refractivity contribution in [3.63, 3.8) is 0 Å². The van der Waals surface area contributed by atoms with Gasteiger partial charge in [-0.3, -0.25) is 4.79 Å². The Hall–Kier alpha value is -1.35. The van der Waals surface area contributed by atoms with E-state index in [4.69, 9.17) is 0 Å². The number of aliphatic hydroxyl groups excluding tert-OH is 1. The van der Waals surface area contributed by atoms with E-state index in [1.807, 2.05) is 30.3 Å². The van der Waals surface area contributed by atoms with Gasteiger partial charge >= 0.3 is 0 Å². The first kappa shape index (κ1) is 11.1. The molecule has 0 bridgehead atoms. The predicted molar refractivity (Wildman–Crippen MR) is 61.8 cm³/mol. The fourth-order valence-electron chi connectivity index (χ4n) is 1.88. The summed E-state index contributed by atoms with van der Waals surface area (Å²) in [6.45, 7) is -0.0531. The molecule has 0 heterocycles. The van der Waals surface area contributed by atoms with Crippen LogP contribution in [-0.4, -0.2) is 17.6 Å². The summed E-state index contributed by atoms with van der Waals surface area (Å²) >= 11 is 0. The minimum absolute atomic E-state index is 0.0531. The van der Waals surface area contributed by atoms with Gasteiger partial charge in [0, 0.05) is 5.92 Å². The quantitative estimate of drug-likeness (QED) is 0.808. The average Bonchev–Trinajstić information content (AvgIpc) is 2.24. The molecule has 1 aliphatic carbocycles. The van der Waals surface area contributed by atoms with Crippen LogP contribution in [0.1, 0.15) is 30.9 Å². The molecule has 1 fully saturated rings. The Morgan fingerprint density at radius 3 is 2.56 bits per heavy atom. The maximum Gasteiger partial charge on any atom is 0.223 e. The summed E-state index contributed by atoms with van der Waals surface area (Å²) in [5, 5.41) is 12.2. The van der Waals surface area contributed by atoms with Crippen LogP contribution in [-0.2, 0) is 4.79 Å². The second-order valence-electron chi connectivity index (χ2n) is 4.28.